The van der Waals surface area contributed by atoms with E-state index in [-0.39, 0.29) is 11.1 Å². The Kier molecular flexibility index (Phi) is 2.37. The SMILES string of the molecule is O=c1nnscc1-c1csnnc1=O. The lowest BCUT2D eigenvalue weighted by atomic mass is 10.2. The van der Waals surface area contributed by atoms with E-state index in [0.29, 0.717) is 0 Å². The van der Waals surface area contributed by atoms with Gasteiger partial charge in [0.25, 0.3) is 11.1 Å². The Morgan fingerprint density at radius 1 is 0.857 bits per heavy atom. The van der Waals surface area contributed by atoms with Gasteiger partial charge >= 0.3 is 0 Å². The molecular formula is C6H2N4O2S2. The van der Waals surface area contributed by atoms with E-state index in [1.54, 1.807) is 0 Å². The van der Waals surface area contributed by atoms with E-state index in [0.717, 1.165) is 23.1 Å². The van der Waals surface area contributed by atoms with Crippen LogP contribution in [0.3, 0.4) is 0 Å². The Hall–Kier alpha value is -1.54. The normalized spacial score (nSPS) is 10.0. The summed E-state index contributed by atoms with van der Waals surface area (Å²) >= 11 is 2.01. The van der Waals surface area contributed by atoms with Gasteiger partial charge in [-0.2, -0.15) is 0 Å². The smallest absolute Gasteiger partial charge is 0.265 e. The van der Waals surface area contributed by atoms with Crippen LogP contribution in [0.4, 0.5) is 0 Å². The number of aromatic nitrogens is 4. The minimum absolute atomic E-state index is 0.223. The molecule has 0 unspecified atom stereocenters. The van der Waals surface area contributed by atoms with Crippen molar-refractivity contribution < 1.29 is 0 Å². The summed E-state index contributed by atoms with van der Waals surface area (Å²) in [6, 6.07) is 0. The Morgan fingerprint density at radius 3 is 1.64 bits per heavy atom. The molecule has 2 rings (SSSR count). The van der Waals surface area contributed by atoms with Crippen LogP contribution in [0.2, 0.25) is 0 Å². The van der Waals surface area contributed by atoms with Crippen molar-refractivity contribution >= 4 is 23.1 Å². The summed E-state index contributed by atoms with van der Waals surface area (Å²) in [7, 11) is 0. The lowest BCUT2D eigenvalue weighted by Gasteiger charge is -1.92. The molecule has 0 aromatic carbocycles. The van der Waals surface area contributed by atoms with Crippen molar-refractivity contribution in [1.29, 1.82) is 0 Å². The van der Waals surface area contributed by atoms with Crippen molar-refractivity contribution in [2.75, 3.05) is 0 Å². The molecule has 0 amide bonds. The summed E-state index contributed by atoms with van der Waals surface area (Å²) in [4.78, 5) is 22.4. The van der Waals surface area contributed by atoms with Crippen LogP contribution in [-0.2, 0) is 0 Å². The second-order valence-electron chi connectivity index (χ2n) is 2.25. The van der Waals surface area contributed by atoms with E-state index >= 15 is 0 Å². The Morgan fingerprint density at radius 2 is 1.29 bits per heavy atom. The molecule has 8 heteroatoms. The third-order valence-electron chi connectivity index (χ3n) is 1.45. The number of hydrogen-bond acceptors (Lipinski definition) is 8. The van der Waals surface area contributed by atoms with Crippen LogP contribution in [0, 0.1) is 0 Å². The molecule has 0 aliphatic heterocycles. The maximum atomic E-state index is 11.2. The van der Waals surface area contributed by atoms with Crippen molar-refractivity contribution in [3.8, 4) is 11.1 Å². The second kappa shape index (κ2) is 3.68. The van der Waals surface area contributed by atoms with Crippen molar-refractivity contribution in [2.24, 2.45) is 0 Å². The standard InChI is InChI=1S/C6H2N4O2S2/c11-5-3(1-13-9-7-5)4-2-14-10-8-6(4)12/h1-2H. The zero-order valence-corrected chi connectivity index (χ0v) is 8.21. The third kappa shape index (κ3) is 1.56. The van der Waals surface area contributed by atoms with Gasteiger partial charge in [-0.1, -0.05) is 19.2 Å². The van der Waals surface area contributed by atoms with Crippen molar-refractivity contribution in [2.45, 2.75) is 0 Å². The predicted octanol–water partition coefficient (Wildman–Crippen LogP) is -0.223. The van der Waals surface area contributed by atoms with Gasteiger partial charge in [0.05, 0.1) is 11.1 Å². The fourth-order valence-electron chi connectivity index (χ4n) is 0.840. The lowest BCUT2D eigenvalue weighted by molar-refractivity contribution is 1.05. The summed E-state index contributed by atoms with van der Waals surface area (Å²) in [6.45, 7) is 0. The summed E-state index contributed by atoms with van der Waals surface area (Å²) in [6.07, 6.45) is 0. The maximum Gasteiger partial charge on any atom is 0.298 e. The van der Waals surface area contributed by atoms with Gasteiger partial charge in [-0.15, -0.1) is 0 Å². The summed E-state index contributed by atoms with van der Waals surface area (Å²) in [5, 5.41) is 9.60. The summed E-state index contributed by atoms with van der Waals surface area (Å²) in [5.41, 5.74) is -0.607. The average Bonchev–Trinajstić information content (AvgIpc) is 2.20. The topological polar surface area (TPSA) is 85.7 Å². The van der Waals surface area contributed by atoms with Crippen LogP contribution in [0.1, 0.15) is 0 Å². The summed E-state index contributed by atoms with van der Waals surface area (Å²) < 4.78 is 6.89. The van der Waals surface area contributed by atoms with Gasteiger partial charge in [-0.25, -0.2) is 0 Å². The molecular weight excluding hydrogens is 224 g/mol. The Labute approximate surface area is 85.2 Å². The molecule has 0 saturated carbocycles. The molecule has 0 radical (unpaired) electrons. The van der Waals surface area contributed by atoms with E-state index in [9.17, 15) is 9.59 Å². The van der Waals surface area contributed by atoms with Gasteiger partial charge in [0, 0.05) is 10.8 Å². The highest BCUT2D eigenvalue weighted by Gasteiger charge is 2.08. The van der Waals surface area contributed by atoms with Crippen LogP contribution in [-0.4, -0.2) is 19.2 Å². The fraction of sp³-hybridized carbons (Fsp3) is 0. The molecule has 0 aliphatic carbocycles. The first-order valence-electron chi connectivity index (χ1n) is 3.42. The van der Waals surface area contributed by atoms with Crippen LogP contribution in [0.5, 0.6) is 0 Å². The van der Waals surface area contributed by atoms with Crippen LogP contribution < -0.4 is 11.1 Å². The summed E-state index contributed by atoms with van der Waals surface area (Å²) in [5.74, 6) is 0. The molecule has 0 aliphatic rings. The minimum atomic E-state index is -0.527. The van der Waals surface area contributed by atoms with Crippen LogP contribution in [0.25, 0.3) is 11.1 Å². The first kappa shape index (κ1) is 9.03. The number of nitrogens with zero attached hydrogens (tertiary/aromatic N) is 4. The molecule has 2 heterocycles. The molecule has 2 aromatic rings. The molecule has 2 aromatic heterocycles. The van der Waals surface area contributed by atoms with Crippen molar-refractivity contribution in [1.82, 2.24) is 19.2 Å². The van der Waals surface area contributed by atoms with Gasteiger partial charge in [-0.05, 0) is 23.1 Å². The van der Waals surface area contributed by atoms with Gasteiger partial charge in [0.2, 0.25) is 0 Å². The molecule has 0 fully saturated rings. The average molecular weight is 226 g/mol. The zero-order chi connectivity index (χ0) is 9.97. The quantitative estimate of drug-likeness (QED) is 0.668. The molecule has 70 valence electrons. The minimum Gasteiger partial charge on any atom is -0.265 e. The maximum absolute atomic E-state index is 11.2. The Balaban J connectivity index is 2.74. The lowest BCUT2D eigenvalue weighted by Crippen LogP contribution is -2.16. The molecule has 6 nitrogen and oxygen atoms in total. The monoisotopic (exact) mass is 226 g/mol. The van der Waals surface area contributed by atoms with Crippen LogP contribution >= 0.6 is 23.1 Å². The highest BCUT2D eigenvalue weighted by atomic mass is 32.1. The molecule has 0 atom stereocenters. The highest BCUT2D eigenvalue weighted by molar-refractivity contribution is 7.04. The van der Waals surface area contributed by atoms with E-state index in [1.807, 2.05) is 0 Å². The molecule has 0 spiro atoms. The van der Waals surface area contributed by atoms with Crippen molar-refractivity contribution in [3.63, 3.8) is 0 Å². The largest absolute Gasteiger partial charge is 0.298 e. The van der Waals surface area contributed by atoms with Gasteiger partial charge in [0.1, 0.15) is 0 Å². The molecule has 0 saturated heterocycles. The molecule has 14 heavy (non-hydrogen) atoms. The first-order chi connectivity index (χ1) is 6.79. The Bertz CT molecular complexity index is 512. The van der Waals surface area contributed by atoms with E-state index in [2.05, 4.69) is 19.2 Å². The van der Waals surface area contributed by atoms with Gasteiger partial charge in [0.15, 0.2) is 0 Å². The van der Waals surface area contributed by atoms with E-state index < -0.39 is 11.1 Å². The number of hydrogen-bond donors (Lipinski definition) is 0. The zero-order valence-electron chi connectivity index (χ0n) is 6.58. The van der Waals surface area contributed by atoms with E-state index in [1.165, 1.54) is 10.8 Å². The molecule has 0 bridgehead atoms. The van der Waals surface area contributed by atoms with Gasteiger partial charge in [-0.3, -0.25) is 9.59 Å². The highest BCUT2D eigenvalue weighted by Crippen LogP contribution is 2.09. The predicted molar refractivity (Wildman–Crippen MR) is 51.4 cm³/mol. The second-order valence-corrected chi connectivity index (χ2v) is 3.47. The molecule has 0 N–H and O–H groups in total. The number of rotatable bonds is 1. The first-order valence-corrected chi connectivity index (χ1v) is 5.09. The fourth-order valence-corrected chi connectivity index (χ4v) is 1.84. The van der Waals surface area contributed by atoms with Crippen LogP contribution in [0.15, 0.2) is 20.3 Å². The van der Waals surface area contributed by atoms with Crippen molar-refractivity contribution in [3.05, 3.63) is 31.5 Å². The van der Waals surface area contributed by atoms with E-state index in [4.69, 9.17) is 0 Å². The van der Waals surface area contributed by atoms with Gasteiger partial charge < -0.3 is 0 Å². The third-order valence-corrected chi connectivity index (χ3v) is 2.48.